The molecule has 1 heterocycles. The number of hydrogen-bond acceptors (Lipinski definition) is 7. The lowest BCUT2D eigenvalue weighted by molar-refractivity contribution is -0.113. The topological polar surface area (TPSA) is 115 Å². The number of anilines is 1. The minimum absolute atomic E-state index is 0.0365. The van der Waals surface area contributed by atoms with Crippen molar-refractivity contribution in [3.8, 4) is 0 Å². The third kappa shape index (κ3) is 6.57. The van der Waals surface area contributed by atoms with Gasteiger partial charge < -0.3 is 19.9 Å². The highest BCUT2D eigenvalue weighted by Gasteiger charge is 2.21. The van der Waals surface area contributed by atoms with Gasteiger partial charge in [0.25, 0.3) is 5.91 Å². The monoisotopic (exact) mass is 493 g/mol. The summed E-state index contributed by atoms with van der Waals surface area (Å²) >= 11 is 1.19. The Balaban J connectivity index is 1.68. The number of carbonyl (C=O) groups is 3. The van der Waals surface area contributed by atoms with E-state index in [4.69, 9.17) is 4.74 Å². The van der Waals surface area contributed by atoms with E-state index in [1.165, 1.54) is 18.9 Å². The molecule has 35 heavy (non-hydrogen) atoms. The lowest BCUT2D eigenvalue weighted by Crippen LogP contribution is -2.29. The summed E-state index contributed by atoms with van der Waals surface area (Å²) in [4.78, 5) is 37.2. The Morgan fingerprint density at radius 1 is 1.17 bits per heavy atom. The van der Waals surface area contributed by atoms with Gasteiger partial charge in [0.15, 0.2) is 11.0 Å². The maximum Gasteiger partial charge on any atom is 0.339 e. The molecule has 0 aliphatic heterocycles. The Morgan fingerprint density at radius 3 is 2.66 bits per heavy atom. The molecule has 3 rings (SSSR count). The molecule has 1 aromatic heterocycles. The van der Waals surface area contributed by atoms with Crippen molar-refractivity contribution in [2.24, 2.45) is 0 Å². The zero-order valence-corrected chi connectivity index (χ0v) is 20.6. The maximum atomic E-state index is 12.7. The number of allylic oxidation sites excluding steroid dienone is 1. The van der Waals surface area contributed by atoms with E-state index in [2.05, 4.69) is 27.4 Å². The van der Waals surface area contributed by atoms with Crippen molar-refractivity contribution in [1.29, 1.82) is 0 Å². The molecule has 0 spiro atoms. The van der Waals surface area contributed by atoms with Gasteiger partial charge >= 0.3 is 5.97 Å². The molecule has 0 saturated heterocycles. The summed E-state index contributed by atoms with van der Waals surface area (Å²) in [5.74, 6) is -0.487. The van der Waals surface area contributed by atoms with Gasteiger partial charge in [-0.05, 0) is 38.1 Å². The number of nitrogens with zero attached hydrogens (tertiary/aromatic N) is 3. The SMILES string of the molecule is C=CCn1c(SCC(=O)Nc2ccccc2C(=O)OC)nnc1[C@H](C)NC(=O)c1cccc(C)c1. The molecule has 182 valence electrons. The van der Waals surface area contributed by atoms with Crippen molar-refractivity contribution in [3.63, 3.8) is 0 Å². The molecule has 2 amide bonds. The van der Waals surface area contributed by atoms with E-state index in [1.54, 1.807) is 41.0 Å². The highest BCUT2D eigenvalue weighted by Crippen LogP contribution is 2.22. The van der Waals surface area contributed by atoms with Gasteiger partial charge in [-0.3, -0.25) is 9.59 Å². The van der Waals surface area contributed by atoms with E-state index in [0.717, 1.165) is 5.56 Å². The van der Waals surface area contributed by atoms with Crippen molar-refractivity contribution in [2.75, 3.05) is 18.2 Å². The smallest absolute Gasteiger partial charge is 0.339 e. The summed E-state index contributed by atoms with van der Waals surface area (Å²) in [6, 6.07) is 13.5. The predicted molar refractivity (Wildman–Crippen MR) is 134 cm³/mol. The Bertz CT molecular complexity index is 1240. The van der Waals surface area contributed by atoms with E-state index < -0.39 is 12.0 Å². The fourth-order valence-corrected chi connectivity index (χ4v) is 4.11. The minimum atomic E-state index is -0.536. The largest absolute Gasteiger partial charge is 0.465 e. The van der Waals surface area contributed by atoms with Gasteiger partial charge in [0.05, 0.1) is 30.2 Å². The Hall–Kier alpha value is -3.92. The van der Waals surface area contributed by atoms with Crippen LogP contribution in [0, 0.1) is 6.92 Å². The van der Waals surface area contributed by atoms with Crippen molar-refractivity contribution in [3.05, 3.63) is 83.7 Å². The molecule has 2 aromatic carbocycles. The molecule has 3 aromatic rings. The standard InChI is InChI=1S/C25H27N5O4S/c1-5-13-30-22(17(3)26-23(32)18-10-8-9-16(2)14-18)28-29-25(30)35-15-21(31)27-20-12-7-6-11-19(20)24(33)34-4/h5-12,14,17H,1,13,15H2,2-4H3,(H,26,32)(H,27,31)/t17-/m0/s1. The first-order valence-corrected chi connectivity index (χ1v) is 11.8. The molecule has 0 fully saturated rings. The van der Waals surface area contributed by atoms with Crippen LogP contribution in [0.4, 0.5) is 5.69 Å². The van der Waals surface area contributed by atoms with Crippen LogP contribution in [0.25, 0.3) is 0 Å². The zero-order valence-electron chi connectivity index (χ0n) is 19.8. The normalized spacial score (nSPS) is 11.4. The van der Waals surface area contributed by atoms with Gasteiger partial charge in [-0.2, -0.15) is 0 Å². The van der Waals surface area contributed by atoms with Crippen LogP contribution in [-0.2, 0) is 16.1 Å². The lowest BCUT2D eigenvalue weighted by atomic mass is 10.1. The van der Waals surface area contributed by atoms with E-state index in [-0.39, 0.29) is 23.1 Å². The molecule has 9 nitrogen and oxygen atoms in total. The second kappa shape index (κ2) is 12.0. The Kier molecular flexibility index (Phi) is 8.80. The average Bonchev–Trinajstić information content (AvgIpc) is 3.25. The summed E-state index contributed by atoms with van der Waals surface area (Å²) in [6.45, 7) is 7.94. The molecule has 0 bridgehead atoms. The highest BCUT2D eigenvalue weighted by molar-refractivity contribution is 7.99. The Morgan fingerprint density at radius 2 is 1.94 bits per heavy atom. The van der Waals surface area contributed by atoms with Gasteiger partial charge in [-0.25, -0.2) is 4.79 Å². The van der Waals surface area contributed by atoms with E-state index >= 15 is 0 Å². The van der Waals surface area contributed by atoms with Crippen LogP contribution in [0.5, 0.6) is 0 Å². The molecule has 2 N–H and O–H groups in total. The molecule has 0 aliphatic carbocycles. The number of methoxy groups -OCH3 is 1. The second-order valence-electron chi connectivity index (χ2n) is 7.68. The van der Waals surface area contributed by atoms with E-state index in [9.17, 15) is 14.4 Å². The Labute approximate surface area is 208 Å². The van der Waals surface area contributed by atoms with Crippen LogP contribution >= 0.6 is 11.8 Å². The average molecular weight is 494 g/mol. The van der Waals surface area contributed by atoms with Crippen molar-refractivity contribution >= 4 is 35.2 Å². The van der Waals surface area contributed by atoms with Gasteiger partial charge in [-0.1, -0.05) is 47.7 Å². The molecular weight excluding hydrogens is 466 g/mol. The third-order valence-electron chi connectivity index (χ3n) is 5.01. The molecule has 0 unspecified atom stereocenters. The van der Waals surface area contributed by atoms with Gasteiger partial charge in [0.2, 0.25) is 5.91 Å². The number of amides is 2. The number of carbonyl (C=O) groups excluding carboxylic acids is 3. The molecular formula is C25H27N5O4S. The van der Waals surface area contributed by atoms with Gasteiger partial charge in [0.1, 0.15) is 0 Å². The number of hydrogen-bond donors (Lipinski definition) is 2. The van der Waals surface area contributed by atoms with Crippen LogP contribution in [0.15, 0.2) is 66.3 Å². The quantitative estimate of drug-likeness (QED) is 0.251. The first kappa shape index (κ1) is 25.7. The van der Waals surface area contributed by atoms with Gasteiger partial charge in [-0.15, -0.1) is 16.8 Å². The lowest BCUT2D eigenvalue weighted by Gasteiger charge is -2.15. The number of esters is 1. The highest BCUT2D eigenvalue weighted by atomic mass is 32.2. The summed E-state index contributed by atoms with van der Waals surface area (Å²) in [5, 5.41) is 14.6. The van der Waals surface area contributed by atoms with Crippen molar-refractivity contribution in [2.45, 2.75) is 31.6 Å². The number of rotatable bonds is 10. The number of nitrogens with one attached hydrogen (secondary N) is 2. The van der Waals surface area contributed by atoms with E-state index in [0.29, 0.717) is 28.8 Å². The van der Waals surface area contributed by atoms with Crippen LogP contribution in [0.3, 0.4) is 0 Å². The van der Waals surface area contributed by atoms with Crippen LogP contribution in [0.2, 0.25) is 0 Å². The summed E-state index contributed by atoms with van der Waals surface area (Å²) < 4.78 is 6.56. The summed E-state index contributed by atoms with van der Waals surface area (Å²) in [5.41, 5.74) is 2.19. The second-order valence-corrected chi connectivity index (χ2v) is 8.62. The number of ether oxygens (including phenoxy) is 1. The minimum Gasteiger partial charge on any atom is -0.465 e. The molecule has 1 atom stereocenters. The number of thioether (sulfide) groups is 1. The van der Waals surface area contributed by atoms with Crippen molar-refractivity contribution < 1.29 is 19.1 Å². The maximum absolute atomic E-state index is 12.7. The predicted octanol–water partition coefficient (Wildman–Crippen LogP) is 3.78. The summed E-state index contributed by atoms with van der Waals surface area (Å²) in [7, 11) is 1.28. The molecule has 0 aliphatic rings. The first-order valence-electron chi connectivity index (χ1n) is 10.9. The molecule has 0 saturated carbocycles. The van der Waals surface area contributed by atoms with Gasteiger partial charge in [0, 0.05) is 12.1 Å². The molecule has 10 heteroatoms. The van der Waals surface area contributed by atoms with Crippen LogP contribution < -0.4 is 10.6 Å². The van der Waals surface area contributed by atoms with Crippen molar-refractivity contribution in [1.82, 2.24) is 20.1 Å². The fourth-order valence-electron chi connectivity index (χ4n) is 3.36. The third-order valence-corrected chi connectivity index (χ3v) is 5.98. The van der Waals surface area contributed by atoms with E-state index in [1.807, 2.05) is 32.0 Å². The number of para-hydroxylation sites is 1. The number of benzene rings is 2. The first-order chi connectivity index (χ1) is 16.8. The molecule has 0 radical (unpaired) electrons. The zero-order chi connectivity index (χ0) is 25.4. The number of aromatic nitrogens is 3. The van der Waals surface area contributed by atoms with Crippen LogP contribution in [-0.4, -0.2) is 45.4 Å². The fraction of sp³-hybridized carbons (Fsp3) is 0.240. The number of aryl methyl sites for hydroxylation is 1. The summed E-state index contributed by atoms with van der Waals surface area (Å²) in [6.07, 6.45) is 1.69. The van der Waals surface area contributed by atoms with Crippen LogP contribution in [0.1, 0.15) is 45.1 Å².